The number of para-hydroxylation sites is 1. The van der Waals surface area contributed by atoms with Crippen molar-refractivity contribution in [2.75, 3.05) is 6.61 Å². The van der Waals surface area contributed by atoms with Gasteiger partial charge in [-0.15, -0.1) is 0 Å². The Morgan fingerprint density at radius 2 is 1.39 bits per heavy atom. The summed E-state index contributed by atoms with van der Waals surface area (Å²) in [7, 11) is 0. The van der Waals surface area contributed by atoms with Crippen LogP contribution in [-0.2, 0) is 4.74 Å². The third kappa shape index (κ3) is 13.8. The summed E-state index contributed by atoms with van der Waals surface area (Å²) < 4.78 is 10.1. The summed E-state index contributed by atoms with van der Waals surface area (Å²) in [6, 6.07) is 9.00. The predicted octanol–water partition coefficient (Wildman–Crippen LogP) is 5.97. The minimum absolute atomic E-state index is 0. The summed E-state index contributed by atoms with van der Waals surface area (Å²) in [6.07, 6.45) is 12.1. The van der Waals surface area contributed by atoms with Gasteiger partial charge in [-0.3, -0.25) is 0 Å². The molecule has 0 unspecified atom stereocenters. The first-order valence-corrected chi connectivity index (χ1v) is 8.72. The fourth-order valence-electron chi connectivity index (χ4n) is 2.36. The molecule has 0 N–H and O–H groups in total. The van der Waals surface area contributed by atoms with Gasteiger partial charge < -0.3 is 12.3 Å². The average Bonchev–Trinajstić information content (AvgIpc) is 2.53. The molecule has 3 nitrogen and oxygen atoms in total. The minimum atomic E-state index is -0.609. The van der Waals surface area contributed by atoms with Crippen molar-refractivity contribution in [1.29, 1.82) is 0 Å². The van der Waals surface area contributed by atoms with Crippen molar-refractivity contribution in [3.8, 4) is 5.75 Å². The Bertz CT molecular complexity index is 392. The molecular weight excluding hydrogens is 316 g/mol. The van der Waals surface area contributed by atoms with Gasteiger partial charge in [-0.2, -0.15) is 0 Å². The molecule has 0 heterocycles. The van der Waals surface area contributed by atoms with E-state index in [4.69, 9.17) is 9.47 Å². The molecule has 0 radical (unpaired) electrons. The van der Waals surface area contributed by atoms with Crippen LogP contribution in [0.5, 0.6) is 5.75 Å². The Hall–Kier alpha value is -0.250. The van der Waals surface area contributed by atoms with E-state index in [2.05, 4.69) is 6.92 Å². The van der Waals surface area contributed by atoms with Crippen LogP contribution in [0.2, 0.25) is 0 Å². The van der Waals surface area contributed by atoms with Gasteiger partial charge in [0.1, 0.15) is 5.75 Å². The first kappa shape index (κ1) is 22.7. The van der Waals surface area contributed by atoms with Crippen molar-refractivity contribution in [1.82, 2.24) is 0 Å². The van der Waals surface area contributed by atoms with Gasteiger partial charge in [0.05, 0.1) is 6.61 Å². The van der Waals surface area contributed by atoms with E-state index in [0.717, 1.165) is 12.8 Å². The van der Waals surface area contributed by atoms with Crippen molar-refractivity contribution in [3.05, 3.63) is 30.3 Å². The zero-order valence-corrected chi connectivity index (χ0v) is 16.8. The Kier molecular flexibility index (Phi) is 16.4. The minimum Gasteiger partial charge on any atom is -1.00 e. The molecular formula is C19H32CaO3. The molecule has 0 spiro atoms. The molecule has 128 valence electrons. The number of rotatable bonds is 12. The quantitative estimate of drug-likeness (QED) is 0.202. The van der Waals surface area contributed by atoms with Crippen molar-refractivity contribution in [2.24, 2.45) is 0 Å². The largest absolute Gasteiger partial charge is 2.00 e. The summed E-state index contributed by atoms with van der Waals surface area (Å²) in [5, 5.41) is 0. The van der Waals surface area contributed by atoms with E-state index in [0.29, 0.717) is 12.4 Å². The van der Waals surface area contributed by atoms with Gasteiger partial charge in [0.15, 0.2) is 0 Å². The van der Waals surface area contributed by atoms with Gasteiger partial charge in [0, 0.05) is 0 Å². The molecule has 0 bridgehead atoms. The van der Waals surface area contributed by atoms with Gasteiger partial charge in [0.25, 0.3) is 0 Å². The van der Waals surface area contributed by atoms with E-state index in [1.165, 1.54) is 51.4 Å². The monoisotopic (exact) mass is 348 g/mol. The summed E-state index contributed by atoms with van der Waals surface area (Å²) in [6.45, 7) is 2.69. The molecule has 0 amide bonds. The maximum Gasteiger partial charge on any atom is 2.00 e. The van der Waals surface area contributed by atoms with Crippen molar-refractivity contribution >= 4 is 43.9 Å². The van der Waals surface area contributed by atoms with Crippen molar-refractivity contribution in [3.63, 3.8) is 0 Å². The normalized spacial score (nSPS) is 9.96. The van der Waals surface area contributed by atoms with E-state index in [9.17, 15) is 4.79 Å². The molecule has 0 saturated carbocycles. The van der Waals surface area contributed by atoms with E-state index in [-0.39, 0.29) is 40.6 Å². The fourth-order valence-corrected chi connectivity index (χ4v) is 2.36. The van der Waals surface area contributed by atoms with Crippen LogP contribution >= 0.6 is 0 Å². The average molecular weight is 349 g/mol. The van der Waals surface area contributed by atoms with Crippen LogP contribution in [0.25, 0.3) is 0 Å². The number of carbonyl (C=O) groups excluding carboxylic acids is 1. The Balaban J connectivity index is -0.00000161. The van der Waals surface area contributed by atoms with E-state index in [1.54, 1.807) is 12.1 Å². The van der Waals surface area contributed by atoms with Gasteiger partial charge in [-0.05, 0) is 18.6 Å². The van der Waals surface area contributed by atoms with Gasteiger partial charge >= 0.3 is 43.9 Å². The molecule has 1 rings (SSSR count). The van der Waals surface area contributed by atoms with Crippen LogP contribution in [-0.4, -0.2) is 50.5 Å². The SMILES string of the molecule is CCCCCCCCCCCCOC(=O)Oc1ccccc1.[Ca+2].[H-].[H-]. The van der Waals surface area contributed by atoms with Crippen LogP contribution < -0.4 is 4.74 Å². The third-order valence-corrected chi connectivity index (χ3v) is 3.66. The van der Waals surface area contributed by atoms with E-state index in [1.807, 2.05) is 18.2 Å². The van der Waals surface area contributed by atoms with E-state index < -0.39 is 6.16 Å². The molecule has 4 heteroatoms. The zero-order valence-electron chi connectivity index (χ0n) is 16.6. The van der Waals surface area contributed by atoms with Crippen molar-refractivity contribution in [2.45, 2.75) is 71.1 Å². The number of hydrogen-bond acceptors (Lipinski definition) is 3. The molecule has 23 heavy (non-hydrogen) atoms. The van der Waals surface area contributed by atoms with Gasteiger partial charge in [-0.1, -0.05) is 82.9 Å². The Labute approximate surface area is 174 Å². The van der Waals surface area contributed by atoms with Crippen LogP contribution in [0.15, 0.2) is 30.3 Å². The van der Waals surface area contributed by atoms with Gasteiger partial charge in [-0.25, -0.2) is 4.79 Å². The molecule has 1 aromatic carbocycles. The molecule has 0 saturated heterocycles. The number of benzene rings is 1. The summed E-state index contributed by atoms with van der Waals surface area (Å²) >= 11 is 0. The van der Waals surface area contributed by atoms with E-state index >= 15 is 0 Å². The topological polar surface area (TPSA) is 35.5 Å². The van der Waals surface area contributed by atoms with Crippen LogP contribution in [0, 0.1) is 0 Å². The van der Waals surface area contributed by atoms with Crippen molar-refractivity contribution < 1.29 is 17.1 Å². The Morgan fingerprint density at radius 3 is 1.96 bits per heavy atom. The molecule has 0 aromatic heterocycles. The first-order valence-electron chi connectivity index (χ1n) is 8.72. The van der Waals surface area contributed by atoms with Crippen LogP contribution in [0.1, 0.15) is 74.0 Å². The maximum atomic E-state index is 11.4. The number of ether oxygens (including phenoxy) is 2. The summed E-state index contributed by atoms with van der Waals surface area (Å²) in [5.41, 5.74) is 0. The first-order chi connectivity index (χ1) is 10.8. The molecule has 0 aliphatic carbocycles. The van der Waals surface area contributed by atoms with Crippen LogP contribution in [0.3, 0.4) is 0 Å². The van der Waals surface area contributed by atoms with Gasteiger partial charge in [0.2, 0.25) is 0 Å². The number of hydrogen-bond donors (Lipinski definition) is 0. The molecule has 0 aliphatic heterocycles. The summed E-state index contributed by atoms with van der Waals surface area (Å²) in [5.74, 6) is 0.524. The predicted molar refractivity (Wildman–Crippen MR) is 98.2 cm³/mol. The number of carbonyl (C=O) groups is 1. The van der Waals surface area contributed by atoms with Crippen LogP contribution in [0.4, 0.5) is 4.79 Å². The molecule has 0 fully saturated rings. The zero-order chi connectivity index (χ0) is 15.9. The standard InChI is InChI=1S/C19H30O3.Ca.2H/c1-2-3-4-5-6-7-8-9-10-14-17-21-19(20)22-18-15-12-11-13-16-18;;;/h11-13,15-16H,2-10,14,17H2,1H3;;;/q;+2;2*-1. The fraction of sp³-hybridized carbons (Fsp3) is 0.632. The second kappa shape index (κ2) is 16.6. The number of unbranched alkanes of at least 4 members (excludes halogenated alkanes) is 9. The second-order valence-electron chi connectivity index (χ2n) is 5.70. The third-order valence-electron chi connectivity index (χ3n) is 3.66. The maximum absolute atomic E-state index is 11.4. The smallest absolute Gasteiger partial charge is 1.00 e. The Morgan fingerprint density at radius 1 is 0.870 bits per heavy atom. The molecule has 1 aromatic rings. The summed E-state index contributed by atoms with van der Waals surface area (Å²) in [4.78, 5) is 11.4. The molecule has 0 atom stereocenters. The second-order valence-corrected chi connectivity index (χ2v) is 5.70. The molecule has 0 aliphatic rings.